The molecule has 0 bridgehead atoms. The Morgan fingerprint density at radius 1 is 1.30 bits per heavy atom. The first-order chi connectivity index (χ1) is 9.45. The molecule has 1 amide bonds. The molecular weight excluding hydrogens is 269 g/mol. The Bertz CT molecular complexity index is 498. The first-order valence-corrected chi connectivity index (χ1v) is 6.65. The van der Waals surface area contributed by atoms with Gasteiger partial charge in [-0.05, 0) is 37.5 Å². The molecule has 0 spiro atoms. The number of hydrogen-bond acceptors (Lipinski definition) is 2. The van der Waals surface area contributed by atoms with Crippen LogP contribution in [0.1, 0.15) is 37.8 Å². The topological polar surface area (TPSA) is 46.3 Å². The van der Waals surface area contributed by atoms with E-state index in [2.05, 4.69) is 0 Å². The minimum Gasteiger partial charge on any atom is -0.334 e. The molecule has 3 nitrogen and oxygen atoms in total. The lowest BCUT2D eigenvalue weighted by atomic mass is 9.96. The van der Waals surface area contributed by atoms with E-state index in [1.165, 1.54) is 4.90 Å². The molecular formula is C14H17F3N2O. The summed E-state index contributed by atoms with van der Waals surface area (Å²) in [5, 5.41) is 0. The molecule has 6 heteroatoms. The van der Waals surface area contributed by atoms with Crippen LogP contribution in [0, 0.1) is 17.5 Å². The van der Waals surface area contributed by atoms with E-state index in [0.717, 1.165) is 12.1 Å². The molecule has 1 aromatic rings. The number of likely N-dealkylation sites (N-methyl/N-ethyl adjacent to an activating group) is 1. The first kappa shape index (κ1) is 14.8. The second-order valence-electron chi connectivity index (χ2n) is 4.98. The van der Waals surface area contributed by atoms with Crippen molar-refractivity contribution >= 4 is 5.91 Å². The van der Waals surface area contributed by atoms with Gasteiger partial charge >= 0.3 is 0 Å². The number of benzene rings is 1. The average molecular weight is 286 g/mol. The van der Waals surface area contributed by atoms with Gasteiger partial charge in [0.2, 0.25) is 5.91 Å². The van der Waals surface area contributed by atoms with Gasteiger partial charge in [0.1, 0.15) is 0 Å². The normalized spacial score (nSPS) is 23.9. The zero-order valence-electron chi connectivity index (χ0n) is 11.2. The Balaban J connectivity index is 2.47. The van der Waals surface area contributed by atoms with E-state index in [-0.39, 0.29) is 11.5 Å². The number of hydrogen-bond donors (Lipinski definition) is 1. The quantitative estimate of drug-likeness (QED) is 0.849. The summed E-state index contributed by atoms with van der Waals surface area (Å²) in [6.07, 6.45) is 1.58. The van der Waals surface area contributed by atoms with E-state index in [0.29, 0.717) is 25.8 Å². The molecule has 1 heterocycles. The van der Waals surface area contributed by atoms with Crippen LogP contribution < -0.4 is 5.73 Å². The van der Waals surface area contributed by atoms with Gasteiger partial charge in [0.25, 0.3) is 0 Å². The highest BCUT2D eigenvalue weighted by Crippen LogP contribution is 2.31. The van der Waals surface area contributed by atoms with Crippen LogP contribution in [0.2, 0.25) is 0 Å². The lowest BCUT2D eigenvalue weighted by Crippen LogP contribution is -2.42. The van der Waals surface area contributed by atoms with Crippen LogP contribution in [-0.2, 0) is 4.79 Å². The molecule has 1 aliphatic heterocycles. The fourth-order valence-electron chi connectivity index (χ4n) is 2.72. The number of amides is 1. The van der Waals surface area contributed by atoms with Gasteiger partial charge in [-0.15, -0.1) is 0 Å². The van der Waals surface area contributed by atoms with Gasteiger partial charge < -0.3 is 10.6 Å². The molecule has 0 aliphatic carbocycles. The van der Waals surface area contributed by atoms with Crippen LogP contribution in [0.15, 0.2) is 12.1 Å². The van der Waals surface area contributed by atoms with Crippen molar-refractivity contribution in [2.24, 2.45) is 5.73 Å². The van der Waals surface area contributed by atoms with E-state index < -0.39 is 29.5 Å². The highest BCUT2D eigenvalue weighted by Gasteiger charge is 2.32. The van der Waals surface area contributed by atoms with Gasteiger partial charge in [0.05, 0.1) is 6.04 Å². The Labute approximate surface area is 115 Å². The summed E-state index contributed by atoms with van der Waals surface area (Å²) in [4.78, 5) is 13.5. The van der Waals surface area contributed by atoms with E-state index in [9.17, 15) is 18.0 Å². The van der Waals surface area contributed by atoms with E-state index in [1.807, 2.05) is 0 Å². The number of carbonyl (C=O) groups is 1. The van der Waals surface area contributed by atoms with Crippen molar-refractivity contribution in [2.75, 3.05) is 6.54 Å². The Kier molecular flexibility index (Phi) is 4.32. The van der Waals surface area contributed by atoms with Crippen molar-refractivity contribution in [1.82, 2.24) is 4.90 Å². The maximum atomic E-state index is 13.4. The summed E-state index contributed by atoms with van der Waals surface area (Å²) in [5.74, 6) is -4.14. The van der Waals surface area contributed by atoms with Crippen molar-refractivity contribution in [3.8, 4) is 0 Å². The van der Waals surface area contributed by atoms with Crippen molar-refractivity contribution in [3.63, 3.8) is 0 Å². The molecule has 2 unspecified atom stereocenters. The van der Waals surface area contributed by atoms with Gasteiger partial charge in [-0.25, -0.2) is 13.2 Å². The predicted octanol–water partition coefficient (Wildman–Crippen LogP) is 2.50. The summed E-state index contributed by atoms with van der Waals surface area (Å²) in [6.45, 7) is 2.16. The maximum absolute atomic E-state index is 13.4. The monoisotopic (exact) mass is 286 g/mol. The van der Waals surface area contributed by atoms with Crippen LogP contribution >= 0.6 is 0 Å². The summed E-state index contributed by atoms with van der Waals surface area (Å²) in [6, 6.07) is 0.791. The standard InChI is InChI=1S/C14H17F3N2O/c1-2-19-12(20)5-3-4-11(18)14(19)8-6-9(15)13(17)10(16)7-8/h6-7,11,14H,2-5,18H2,1H3. The molecule has 1 saturated heterocycles. The molecule has 1 aliphatic rings. The van der Waals surface area contributed by atoms with Gasteiger partial charge in [-0.2, -0.15) is 0 Å². The van der Waals surface area contributed by atoms with Gasteiger partial charge in [-0.3, -0.25) is 4.79 Å². The second kappa shape index (κ2) is 5.83. The first-order valence-electron chi connectivity index (χ1n) is 6.65. The van der Waals surface area contributed by atoms with Crippen LogP contribution in [0.5, 0.6) is 0 Å². The zero-order valence-corrected chi connectivity index (χ0v) is 11.2. The third-order valence-electron chi connectivity index (χ3n) is 3.68. The molecule has 2 atom stereocenters. The number of rotatable bonds is 2. The fraction of sp³-hybridized carbons (Fsp3) is 0.500. The highest BCUT2D eigenvalue weighted by molar-refractivity contribution is 5.77. The van der Waals surface area contributed by atoms with Crippen molar-refractivity contribution in [1.29, 1.82) is 0 Å². The molecule has 0 saturated carbocycles. The number of halogens is 3. The van der Waals surface area contributed by atoms with Gasteiger partial charge in [0.15, 0.2) is 17.5 Å². The van der Waals surface area contributed by atoms with Crippen LogP contribution in [-0.4, -0.2) is 23.4 Å². The van der Waals surface area contributed by atoms with E-state index >= 15 is 0 Å². The fourth-order valence-corrected chi connectivity index (χ4v) is 2.72. The Hall–Kier alpha value is -1.56. The van der Waals surface area contributed by atoms with Crippen LogP contribution in [0.4, 0.5) is 13.2 Å². The number of nitrogens with zero attached hydrogens (tertiary/aromatic N) is 1. The molecule has 2 N–H and O–H groups in total. The van der Waals surface area contributed by atoms with E-state index in [4.69, 9.17) is 5.73 Å². The molecule has 0 radical (unpaired) electrons. The van der Waals surface area contributed by atoms with Crippen molar-refractivity contribution in [2.45, 2.75) is 38.3 Å². The predicted molar refractivity (Wildman–Crippen MR) is 68.3 cm³/mol. The third kappa shape index (κ3) is 2.65. The Morgan fingerprint density at radius 2 is 1.90 bits per heavy atom. The zero-order chi connectivity index (χ0) is 14.9. The third-order valence-corrected chi connectivity index (χ3v) is 3.68. The second-order valence-corrected chi connectivity index (χ2v) is 4.98. The molecule has 110 valence electrons. The number of carbonyl (C=O) groups excluding carboxylic acids is 1. The lowest BCUT2D eigenvalue weighted by Gasteiger charge is -2.33. The van der Waals surface area contributed by atoms with E-state index in [1.54, 1.807) is 6.92 Å². The molecule has 2 rings (SSSR count). The SMILES string of the molecule is CCN1C(=O)CCCC(N)C1c1cc(F)c(F)c(F)c1. The summed E-state index contributed by atoms with van der Waals surface area (Å²) >= 11 is 0. The van der Waals surface area contributed by atoms with Crippen molar-refractivity contribution < 1.29 is 18.0 Å². The number of likely N-dealkylation sites (tertiary alicyclic amines) is 1. The van der Waals surface area contributed by atoms with Gasteiger partial charge in [-0.1, -0.05) is 0 Å². The van der Waals surface area contributed by atoms with Crippen LogP contribution in [0.3, 0.4) is 0 Å². The van der Waals surface area contributed by atoms with Crippen molar-refractivity contribution in [3.05, 3.63) is 35.1 Å². The number of nitrogens with two attached hydrogens (primary N) is 1. The Morgan fingerprint density at radius 3 is 2.45 bits per heavy atom. The average Bonchev–Trinajstić information content (AvgIpc) is 2.54. The highest BCUT2D eigenvalue weighted by atomic mass is 19.2. The largest absolute Gasteiger partial charge is 0.334 e. The minimum atomic E-state index is -1.51. The summed E-state index contributed by atoms with van der Waals surface area (Å²) in [7, 11) is 0. The van der Waals surface area contributed by atoms with Gasteiger partial charge in [0, 0.05) is 19.0 Å². The summed E-state index contributed by atoms with van der Waals surface area (Å²) in [5.41, 5.74) is 6.24. The summed E-state index contributed by atoms with van der Waals surface area (Å²) < 4.78 is 39.8. The minimum absolute atomic E-state index is 0.101. The molecule has 1 aromatic carbocycles. The van der Waals surface area contributed by atoms with Crippen LogP contribution in [0.25, 0.3) is 0 Å². The maximum Gasteiger partial charge on any atom is 0.223 e. The molecule has 0 aromatic heterocycles. The smallest absolute Gasteiger partial charge is 0.223 e. The molecule has 1 fully saturated rings. The lowest BCUT2D eigenvalue weighted by molar-refractivity contribution is -0.133. The molecule has 20 heavy (non-hydrogen) atoms.